The number of rotatable bonds is 5. The highest BCUT2D eigenvalue weighted by Crippen LogP contribution is 2.43. The van der Waals surface area contributed by atoms with Gasteiger partial charge in [-0.3, -0.25) is 0 Å². The SMILES string of the molecule is CNCCC1CC(c2cccc(OC)c2)C1. The van der Waals surface area contributed by atoms with E-state index >= 15 is 0 Å². The monoisotopic (exact) mass is 219 g/mol. The first-order valence-electron chi connectivity index (χ1n) is 6.12. The highest BCUT2D eigenvalue weighted by molar-refractivity contribution is 5.31. The molecule has 1 aromatic carbocycles. The Morgan fingerprint density at radius 3 is 2.88 bits per heavy atom. The van der Waals surface area contributed by atoms with Crippen LogP contribution < -0.4 is 10.1 Å². The second-order valence-corrected chi connectivity index (χ2v) is 4.70. The van der Waals surface area contributed by atoms with Crippen molar-refractivity contribution in [2.45, 2.75) is 25.2 Å². The van der Waals surface area contributed by atoms with Gasteiger partial charge >= 0.3 is 0 Å². The average Bonchev–Trinajstić information content (AvgIpc) is 2.27. The van der Waals surface area contributed by atoms with E-state index in [2.05, 4.69) is 23.5 Å². The summed E-state index contributed by atoms with van der Waals surface area (Å²) >= 11 is 0. The van der Waals surface area contributed by atoms with Gasteiger partial charge in [0.2, 0.25) is 0 Å². The quantitative estimate of drug-likeness (QED) is 0.822. The largest absolute Gasteiger partial charge is 0.497 e. The Balaban J connectivity index is 1.86. The van der Waals surface area contributed by atoms with E-state index in [1.54, 1.807) is 7.11 Å². The van der Waals surface area contributed by atoms with Gasteiger partial charge in [-0.05, 0) is 62.4 Å². The Bertz CT molecular complexity index is 331. The molecule has 1 N–H and O–H groups in total. The predicted octanol–water partition coefficient (Wildman–Crippen LogP) is 2.80. The third-order valence-electron chi connectivity index (χ3n) is 3.60. The van der Waals surface area contributed by atoms with E-state index in [9.17, 15) is 0 Å². The van der Waals surface area contributed by atoms with E-state index in [0.29, 0.717) is 0 Å². The second kappa shape index (κ2) is 5.35. The number of hydrogen-bond acceptors (Lipinski definition) is 2. The van der Waals surface area contributed by atoms with Crippen LogP contribution in [0.4, 0.5) is 0 Å². The molecule has 1 aliphatic rings. The highest BCUT2D eigenvalue weighted by Gasteiger charge is 2.29. The van der Waals surface area contributed by atoms with Crippen LogP contribution in [0.1, 0.15) is 30.7 Å². The zero-order valence-corrected chi connectivity index (χ0v) is 10.2. The minimum atomic E-state index is 0.761. The molecule has 0 unspecified atom stereocenters. The van der Waals surface area contributed by atoms with Gasteiger partial charge in [0.1, 0.15) is 5.75 Å². The van der Waals surface area contributed by atoms with Gasteiger partial charge in [-0.15, -0.1) is 0 Å². The molecule has 0 heterocycles. The van der Waals surface area contributed by atoms with Crippen LogP contribution in [-0.2, 0) is 0 Å². The van der Waals surface area contributed by atoms with Gasteiger partial charge in [-0.1, -0.05) is 12.1 Å². The number of benzene rings is 1. The fourth-order valence-electron chi connectivity index (χ4n) is 2.49. The van der Waals surface area contributed by atoms with Crippen molar-refractivity contribution in [2.75, 3.05) is 20.7 Å². The maximum atomic E-state index is 5.26. The molecular weight excluding hydrogens is 198 g/mol. The third kappa shape index (κ3) is 2.56. The summed E-state index contributed by atoms with van der Waals surface area (Å²) < 4.78 is 5.26. The lowest BCUT2D eigenvalue weighted by molar-refractivity contribution is 0.247. The van der Waals surface area contributed by atoms with Crippen LogP contribution in [0.2, 0.25) is 0 Å². The standard InChI is InChI=1S/C14H21NO/c1-15-7-6-11-8-13(9-11)12-4-3-5-14(10-12)16-2/h3-5,10-11,13,15H,6-9H2,1-2H3. The zero-order chi connectivity index (χ0) is 11.4. The van der Waals surface area contributed by atoms with E-state index in [1.807, 2.05) is 13.1 Å². The molecule has 2 rings (SSSR count). The van der Waals surface area contributed by atoms with Gasteiger partial charge in [0.25, 0.3) is 0 Å². The molecule has 0 aliphatic heterocycles. The summed E-state index contributed by atoms with van der Waals surface area (Å²) in [5, 5.41) is 3.22. The van der Waals surface area contributed by atoms with Gasteiger partial charge in [0.15, 0.2) is 0 Å². The Morgan fingerprint density at radius 1 is 1.38 bits per heavy atom. The average molecular weight is 219 g/mol. The normalized spacial score (nSPS) is 23.9. The summed E-state index contributed by atoms with van der Waals surface area (Å²) in [6.07, 6.45) is 4.00. The molecule has 0 atom stereocenters. The first-order chi connectivity index (χ1) is 7.83. The van der Waals surface area contributed by atoms with Crippen LogP contribution in [0, 0.1) is 5.92 Å². The smallest absolute Gasteiger partial charge is 0.119 e. The minimum absolute atomic E-state index is 0.761. The van der Waals surface area contributed by atoms with Crippen molar-refractivity contribution >= 4 is 0 Å². The Labute approximate surface area is 98.0 Å². The Kier molecular flexibility index (Phi) is 3.83. The maximum absolute atomic E-state index is 5.26. The van der Waals surface area contributed by atoms with Crippen LogP contribution in [0.25, 0.3) is 0 Å². The van der Waals surface area contributed by atoms with Gasteiger partial charge in [-0.2, -0.15) is 0 Å². The van der Waals surface area contributed by atoms with Crippen LogP contribution in [0.15, 0.2) is 24.3 Å². The van der Waals surface area contributed by atoms with Crippen LogP contribution in [-0.4, -0.2) is 20.7 Å². The van der Waals surface area contributed by atoms with Gasteiger partial charge in [0, 0.05) is 0 Å². The van der Waals surface area contributed by atoms with Gasteiger partial charge < -0.3 is 10.1 Å². The second-order valence-electron chi connectivity index (χ2n) is 4.70. The summed E-state index contributed by atoms with van der Waals surface area (Å²) in [4.78, 5) is 0. The summed E-state index contributed by atoms with van der Waals surface area (Å²) in [6, 6.07) is 8.51. The van der Waals surface area contributed by atoms with E-state index in [4.69, 9.17) is 4.74 Å². The number of methoxy groups -OCH3 is 1. The summed E-state index contributed by atoms with van der Waals surface area (Å²) in [7, 11) is 3.76. The lowest BCUT2D eigenvalue weighted by Crippen LogP contribution is -2.25. The molecular formula is C14H21NO. The van der Waals surface area contributed by atoms with Crippen LogP contribution in [0.3, 0.4) is 0 Å². The van der Waals surface area contributed by atoms with Crippen molar-refractivity contribution in [3.8, 4) is 5.75 Å². The predicted molar refractivity (Wildman–Crippen MR) is 67.0 cm³/mol. The zero-order valence-electron chi connectivity index (χ0n) is 10.2. The van der Waals surface area contributed by atoms with Gasteiger partial charge in [-0.25, -0.2) is 0 Å². The maximum Gasteiger partial charge on any atom is 0.119 e. The molecule has 1 aliphatic carbocycles. The third-order valence-corrected chi connectivity index (χ3v) is 3.60. The molecule has 1 aromatic rings. The molecule has 0 saturated heterocycles. The molecule has 1 fully saturated rings. The van der Waals surface area contributed by atoms with Crippen molar-refractivity contribution in [2.24, 2.45) is 5.92 Å². The summed E-state index contributed by atoms with van der Waals surface area (Å²) in [6.45, 7) is 1.15. The fourth-order valence-corrected chi connectivity index (χ4v) is 2.49. The molecule has 88 valence electrons. The molecule has 2 heteroatoms. The van der Waals surface area contributed by atoms with Crippen LogP contribution >= 0.6 is 0 Å². The van der Waals surface area contributed by atoms with E-state index in [1.165, 1.54) is 24.8 Å². The van der Waals surface area contributed by atoms with Crippen molar-refractivity contribution in [1.29, 1.82) is 0 Å². The molecule has 0 spiro atoms. The van der Waals surface area contributed by atoms with Crippen molar-refractivity contribution < 1.29 is 4.74 Å². The van der Waals surface area contributed by atoms with Crippen molar-refractivity contribution in [1.82, 2.24) is 5.32 Å². The van der Waals surface area contributed by atoms with E-state index < -0.39 is 0 Å². The van der Waals surface area contributed by atoms with E-state index in [-0.39, 0.29) is 0 Å². The number of ether oxygens (including phenoxy) is 1. The summed E-state index contributed by atoms with van der Waals surface area (Å²) in [5.74, 6) is 2.66. The first-order valence-corrected chi connectivity index (χ1v) is 6.12. The lowest BCUT2D eigenvalue weighted by atomic mass is 9.70. The topological polar surface area (TPSA) is 21.3 Å². The van der Waals surface area contributed by atoms with Gasteiger partial charge in [0.05, 0.1) is 7.11 Å². The molecule has 0 bridgehead atoms. The number of hydrogen-bond donors (Lipinski definition) is 1. The first kappa shape index (κ1) is 11.5. The molecule has 0 aromatic heterocycles. The fraction of sp³-hybridized carbons (Fsp3) is 0.571. The van der Waals surface area contributed by atoms with Crippen LogP contribution in [0.5, 0.6) is 5.75 Å². The minimum Gasteiger partial charge on any atom is -0.497 e. The molecule has 0 amide bonds. The lowest BCUT2D eigenvalue weighted by Gasteiger charge is -2.36. The number of nitrogens with one attached hydrogen (secondary N) is 1. The Hall–Kier alpha value is -1.02. The summed E-state index contributed by atoms with van der Waals surface area (Å²) in [5.41, 5.74) is 1.44. The Morgan fingerprint density at radius 2 is 2.19 bits per heavy atom. The van der Waals surface area contributed by atoms with Crippen molar-refractivity contribution in [3.63, 3.8) is 0 Å². The molecule has 16 heavy (non-hydrogen) atoms. The molecule has 1 saturated carbocycles. The van der Waals surface area contributed by atoms with Crippen molar-refractivity contribution in [3.05, 3.63) is 29.8 Å². The highest BCUT2D eigenvalue weighted by atomic mass is 16.5. The molecule has 0 radical (unpaired) electrons. The molecule has 2 nitrogen and oxygen atoms in total. The van der Waals surface area contributed by atoms with E-state index in [0.717, 1.165) is 24.1 Å².